The molecule has 1 atom stereocenters. The van der Waals surface area contributed by atoms with E-state index < -0.39 is 5.60 Å². The van der Waals surface area contributed by atoms with Gasteiger partial charge in [0.05, 0.1) is 5.60 Å². The molecular formula is C16H23NO. The van der Waals surface area contributed by atoms with Crippen molar-refractivity contribution in [3.05, 3.63) is 35.4 Å². The number of nitrogens with two attached hydrogens (primary N) is 1. The Bertz CT molecular complexity index is 436. The Balaban J connectivity index is 2.12. The van der Waals surface area contributed by atoms with E-state index in [9.17, 15) is 5.11 Å². The second-order valence-corrected chi connectivity index (χ2v) is 6.04. The SMILES string of the molecule is NCC1(C2(O)CCCC2)CCCc2ccccc21. The van der Waals surface area contributed by atoms with E-state index in [1.165, 1.54) is 11.1 Å². The van der Waals surface area contributed by atoms with Crippen molar-refractivity contribution in [3.8, 4) is 0 Å². The Labute approximate surface area is 109 Å². The van der Waals surface area contributed by atoms with Crippen LogP contribution in [0.2, 0.25) is 0 Å². The van der Waals surface area contributed by atoms with Gasteiger partial charge in [-0.25, -0.2) is 0 Å². The number of fused-ring (bicyclic) bond motifs is 1. The molecule has 1 unspecified atom stereocenters. The molecule has 3 rings (SSSR count). The van der Waals surface area contributed by atoms with Gasteiger partial charge in [0.15, 0.2) is 0 Å². The molecular weight excluding hydrogens is 222 g/mol. The average molecular weight is 245 g/mol. The Hall–Kier alpha value is -0.860. The van der Waals surface area contributed by atoms with Gasteiger partial charge in [-0.3, -0.25) is 0 Å². The van der Waals surface area contributed by atoms with Crippen LogP contribution < -0.4 is 5.73 Å². The molecule has 1 fully saturated rings. The van der Waals surface area contributed by atoms with E-state index in [1.807, 2.05) is 0 Å². The molecule has 2 heteroatoms. The molecule has 98 valence electrons. The number of aliphatic hydroxyl groups is 1. The highest BCUT2D eigenvalue weighted by molar-refractivity contribution is 5.40. The highest BCUT2D eigenvalue weighted by Gasteiger charge is 2.52. The summed E-state index contributed by atoms with van der Waals surface area (Å²) in [7, 11) is 0. The van der Waals surface area contributed by atoms with Crippen molar-refractivity contribution in [1.29, 1.82) is 0 Å². The summed E-state index contributed by atoms with van der Waals surface area (Å²) in [6.07, 6.45) is 7.43. The van der Waals surface area contributed by atoms with E-state index in [0.29, 0.717) is 6.54 Å². The predicted octanol–water partition coefficient (Wildman–Crippen LogP) is 2.52. The molecule has 1 saturated carbocycles. The van der Waals surface area contributed by atoms with Crippen molar-refractivity contribution >= 4 is 0 Å². The van der Waals surface area contributed by atoms with Gasteiger partial charge in [0.2, 0.25) is 0 Å². The molecule has 1 aromatic carbocycles. The van der Waals surface area contributed by atoms with Gasteiger partial charge in [0, 0.05) is 12.0 Å². The number of hydrogen-bond donors (Lipinski definition) is 2. The first kappa shape index (κ1) is 12.2. The molecule has 0 saturated heterocycles. The minimum atomic E-state index is -0.571. The maximum absolute atomic E-state index is 11.1. The van der Waals surface area contributed by atoms with E-state index in [0.717, 1.165) is 44.9 Å². The summed E-state index contributed by atoms with van der Waals surface area (Å²) in [5, 5.41) is 11.1. The predicted molar refractivity (Wildman–Crippen MR) is 73.5 cm³/mol. The number of hydrogen-bond acceptors (Lipinski definition) is 2. The quantitative estimate of drug-likeness (QED) is 0.841. The van der Waals surface area contributed by atoms with E-state index in [4.69, 9.17) is 5.73 Å². The van der Waals surface area contributed by atoms with Crippen molar-refractivity contribution in [2.24, 2.45) is 5.73 Å². The van der Waals surface area contributed by atoms with Gasteiger partial charge in [-0.15, -0.1) is 0 Å². The zero-order chi connectivity index (χ0) is 12.6. The fourth-order valence-corrected chi connectivity index (χ4v) is 4.24. The highest BCUT2D eigenvalue weighted by atomic mass is 16.3. The summed E-state index contributed by atoms with van der Waals surface area (Å²) in [4.78, 5) is 0. The number of benzene rings is 1. The van der Waals surface area contributed by atoms with Crippen LogP contribution in [-0.4, -0.2) is 17.3 Å². The summed E-state index contributed by atoms with van der Waals surface area (Å²) in [5.41, 5.74) is 8.11. The van der Waals surface area contributed by atoms with Crippen LogP contribution in [0.15, 0.2) is 24.3 Å². The first-order valence-corrected chi connectivity index (χ1v) is 7.23. The lowest BCUT2D eigenvalue weighted by Crippen LogP contribution is -2.56. The lowest BCUT2D eigenvalue weighted by molar-refractivity contribution is -0.0392. The van der Waals surface area contributed by atoms with Gasteiger partial charge >= 0.3 is 0 Å². The minimum Gasteiger partial charge on any atom is -0.389 e. The first-order chi connectivity index (χ1) is 8.72. The Kier molecular flexibility index (Phi) is 2.95. The van der Waals surface area contributed by atoms with Crippen LogP contribution in [0.1, 0.15) is 49.7 Å². The largest absolute Gasteiger partial charge is 0.389 e. The maximum Gasteiger partial charge on any atom is 0.0756 e. The molecule has 2 aliphatic rings. The topological polar surface area (TPSA) is 46.2 Å². The Morgan fingerprint density at radius 3 is 2.50 bits per heavy atom. The van der Waals surface area contributed by atoms with Crippen molar-refractivity contribution in [3.63, 3.8) is 0 Å². The smallest absolute Gasteiger partial charge is 0.0756 e. The molecule has 0 bridgehead atoms. The van der Waals surface area contributed by atoms with Gasteiger partial charge in [-0.2, -0.15) is 0 Å². The minimum absolute atomic E-state index is 0.196. The molecule has 0 aliphatic heterocycles. The van der Waals surface area contributed by atoms with Gasteiger partial charge in [-0.05, 0) is 43.2 Å². The van der Waals surface area contributed by atoms with E-state index in [1.54, 1.807) is 0 Å². The van der Waals surface area contributed by atoms with Gasteiger partial charge in [0.1, 0.15) is 0 Å². The van der Waals surface area contributed by atoms with Gasteiger partial charge in [0.25, 0.3) is 0 Å². The number of aryl methyl sites for hydroxylation is 1. The first-order valence-electron chi connectivity index (χ1n) is 7.23. The maximum atomic E-state index is 11.1. The van der Waals surface area contributed by atoms with E-state index in [-0.39, 0.29) is 5.41 Å². The van der Waals surface area contributed by atoms with E-state index >= 15 is 0 Å². The summed E-state index contributed by atoms with van der Waals surface area (Å²) < 4.78 is 0. The second-order valence-electron chi connectivity index (χ2n) is 6.04. The van der Waals surface area contributed by atoms with Crippen LogP contribution in [0.4, 0.5) is 0 Å². The van der Waals surface area contributed by atoms with Crippen molar-refractivity contribution in [2.75, 3.05) is 6.54 Å². The van der Waals surface area contributed by atoms with Crippen LogP contribution >= 0.6 is 0 Å². The van der Waals surface area contributed by atoms with Crippen molar-refractivity contribution in [1.82, 2.24) is 0 Å². The van der Waals surface area contributed by atoms with Crippen molar-refractivity contribution in [2.45, 2.75) is 56.0 Å². The summed E-state index contributed by atoms with van der Waals surface area (Å²) in [5.74, 6) is 0. The molecule has 0 aromatic heterocycles. The highest BCUT2D eigenvalue weighted by Crippen LogP contribution is 2.50. The number of rotatable bonds is 2. The molecule has 3 N–H and O–H groups in total. The van der Waals surface area contributed by atoms with E-state index in [2.05, 4.69) is 24.3 Å². The van der Waals surface area contributed by atoms with Gasteiger partial charge < -0.3 is 10.8 Å². The Morgan fingerprint density at radius 2 is 1.78 bits per heavy atom. The average Bonchev–Trinajstić information content (AvgIpc) is 2.86. The normalized spacial score (nSPS) is 30.1. The second kappa shape index (κ2) is 4.36. The third-order valence-corrected chi connectivity index (χ3v) is 5.25. The summed E-state index contributed by atoms with van der Waals surface area (Å²) >= 11 is 0. The molecule has 0 spiro atoms. The van der Waals surface area contributed by atoms with Gasteiger partial charge in [-0.1, -0.05) is 37.1 Å². The van der Waals surface area contributed by atoms with Crippen LogP contribution in [-0.2, 0) is 11.8 Å². The van der Waals surface area contributed by atoms with Crippen molar-refractivity contribution < 1.29 is 5.11 Å². The zero-order valence-corrected chi connectivity index (χ0v) is 11.0. The van der Waals surface area contributed by atoms with Crippen LogP contribution in [0, 0.1) is 0 Å². The molecule has 18 heavy (non-hydrogen) atoms. The lowest BCUT2D eigenvalue weighted by Gasteiger charge is -2.48. The molecule has 2 nitrogen and oxygen atoms in total. The molecule has 1 aromatic rings. The monoisotopic (exact) mass is 245 g/mol. The summed E-state index contributed by atoms with van der Waals surface area (Å²) in [6, 6.07) is 8.59. The summed E-state index contributed by atoms with van der Waals surface area (Å²) in [6.45, 7) is 0.570. The third-order valence-electron chi connectivity index (χ3n) is 5.25. The molecule has 0 heterocycles. The Morgan fingerprint density at radius 1 is 1.06 bits per heavy atom. The standard InChI is InChI=1S/C16H23NO/c17-12-15(16(18)10-3-4-11-16)9-5-7-13-6-1-2-8-14(13)15/h1-2,6,8,18H,3-5,7,9-12,17H2. The van der Waals surface area contributed by atoms with Crippen LogP contribution in [0.25, 0.3) is 0 Å². The van der Waals surface area contributed by atoms with Crippen LogP contribution in [0.3, 0.4) is 0 Å². The molecule has 0 radical (unpaired) electrons. The fourth-order valence-electron chi connectivity index (χ4n) is 4.24. The molecule has 0 amide bonds. The molecule has 2 aliphatic carbocycles. The zero-order valence-electron chi connectivity index (χ0n) is 11.0. The third kappa shape index (κ3) is 1.55. The fraction of sp³-hybridized carbons (Fsp3) is 0.625. The lowest BCUT2D eigenvalue weighted by atomic mass is 9.60. The van der Waals surface area contributed by atoms with Crippen LogP contribution in [0.5, 0.6) is 0 Å².